The van der Waals surface area contributed by atoms with E-state index in [0.717, 1.165) is 42.8 Å². The van der Waals surface area contributed by atoms with E-state index in [-0.39, 0.29) is 11.8 Å². The van der Waals surface area contributed by atoms with Crippen molar-refractivity contribution in [3.05, 3.63) is 42.5 Å². The lowest BCUT2D eigenvalue weighted by Gasteiger charge is -2.08. The Hall–Kier alpha value is -2.93. The van der Waals surface area contributed by atoms with Crippen molar-refractivity contribution >= 4 is 23.2 Å². The Balaban J connectivity index is 1.57. The van der Waals surface area contributed by atoms with Gasteiger partial charge in [-0.3, -0.25) is 10.1 Å². The molecule has 0 radical (unpaired) electrons. The fourth-order valence-electron chi connectivity index (χ4n) is 2.83. The standard InChI is InChI=1S/C19H22N6O/c20-11-2-12-21-15-9-7-13(8-10-15)16-3-1-4-17-22-19(24-25(16)17)23-18(26)14-5-6-14/h1,3-4,7-10,14,21H,2,5-6,11-12,20H2,(H,23,24,26). The van der Waals surface area contributed by atoms with E-state index in [0.29, 0.717) is 18.1 Å². The minimum absolute atomic E-state index is 0.00960. The van der Waals surface area contributed by atoms with Crippen LogP contribution in [0.1, 0.15) is 19.3 Å². The number of pyridine rings is 1. The van der Waals surface area contributed by atoms with Crippen molar-refractivity contribution in [2.45, 2.75) is 19.3 Å². The van der Waals surface area contributed by atoms with E-state index in [1.165, 1.54) is 0 Å². The number of hydrogen-bond acceptors (Lipinski definition) is 5. The van der Waals surface area contributed by atoms with Crippen LogP contribution in [0.5, 0.6) is 0 Å². The molecule has 0 atom stereocenters. The molecule has 1 aliphatic rings. The van der Waals surface area contributed by atoms with E-state index < -0.39 is 0 Å². The van der Waals surface area contributed by atoms with Gasteiger partial charge in [-0.2, -0.15) is 4.98 Å². The van der Waals surface area contributed by atoms with Crippen LogP contribution in [0.2, 0.25) is 0 Å². The van der Waals surface area contributed by atoms with Crippen LogP contribution in [0.15, 0.2) is 42.5 Å². The summed E-state index contributed by atoms with van der Waals surface area (Å²) < 4.78 is 1.76. The molecule has 1 aliphatic carbocycles. The summed E-state index contributed by atoms with van der Waals surface area (Å²) in [6.45, 7) is 1.54. The molecule has 7 nitrogen and oxygen atoms in total. The van der Waals surface area contributed by atoms with Gasteiger partial charge < -0.3 is 11.1 Å². The van der Waals surface area contributed by atoms with Gasteiger partial charge in [0.1, 0.15) is 0 Å². The molecule has 7 heteroatoms. The molecule has 0 unspecified atom stereocenters. The molecule has 4 rings (SSSR count). The first-order chi connectivity index (χ1) is 12.7. The number of rotatable bonds is 7. The van der Waals surface area contributed by atoms with Crippen LogP contribution in [-0.4, -0.2) is 33.6 Å². The van der Waals surface area contributed by atoms with E-state index in [9.17, 15) is 4.79 Å². The smallest absolute Gasteiger partial charge is 0.249 e. The van der Waals surface area contributed by atoms with Crippen molar-refractivity contribution in [1.29, 1.82) is 0 Å². The third kappa shape index (κ3) is 3.52. The molecule has 0 saturated heterocycles. The summed E-state index contributed by atoms with van der Waals surface area (Å²) in [6.07, 6.45) is 2.85. The molecule has 134 valence electrons. The number of carbonyl (C=O) groups is 1. The van der Waals surface area contributed by atoms with Crippen LogP contribution in [0.3, 0.4) is 0 Å². The summed E-state index contributed by atoms with van der Waals surface area (Å²) >= 11 is 0. The molecule has 1 saturated carbocycles. The molecule has 0 spiro atoms. The van der Waals surface area contributed by atoms with Gasteiger partial charge in [-0.25, -0.2) is 4.52 Å². The van der Waals surface area contributed by atoms with E-state index in [1.54, 1.807) is 4.52 Å². The van der Waals surface area contributed by atoms with Gasteiger partial charge in [-0.1, -0.05) is 18.2 Å². The number of fused-ring (bicyclic) bond motifs is 1. The molecule has 4 N–H and O–H groups in total. The largest absolute Gasteiger partial charge is 0.385 e. The summed E-state index contributed by atoms with van der Waals surface area (Å²) in [6, 6.07) is 14.0. The Morgan fingerprint density at radius 1 is 1.19 bits per heavy atom. The number of nitrogens with two attached hydrogens (primary N) is 1. The maximum atomic E-state index is 11.9. The van der Waals surface area contributed by atoms with Crippen molar-refractivity contribution in [2.24, 2.45) is 11.7 Å². The second kappa shape index (κ2) is 7.13. The molecule has 26 heavy (non-hydrogen) atoms. The Morgan fingerprint density at radius 2 is 2.00 bits per heavy atom. The van der Waals surface area contributed by atoms with Crippen molar-refractivity contribution < 1.29 is 4.79 Å². The van der Waals surface area contributed by atoms with E-state index in [1.807, 2.05) is 42.5 Å². The highest BCUT2D eigenvalue weighted by molar-refractivity contribution is 5.92. The first-order valence-corrected chi connectivity index (χ1v) is 8.95. The molecule has 1 aromatic carbocycles. The Morgan fingerprint density at radius 3 is 2.73 bits per heavy atom. The first-order valence-electron chi connectivity index (χ1n) is 8.95. The second-order valence-corrected chi connectivity index (χ2v) is 6.53. The number of nitrogens with one attached hydrogen (secondary N) is 2. The summed E-state index contributed by atoms with van der Waals surface area (Å²) in [4.78, 5) is 16.3. The van der Waals surface area contributed by atoms with E-state index in [4.69, 9.17) is 5.73 Å². The number of benzene rings is 1. The molecule has 3 aromatic rings. The molecule has 1 amide bonds. The minimum Gasteiger partial charge on any atom is -0.385 e. The van der Waals surface area contributed by atoms with Crippen LogP contribution in [0.4, 0.5) is 11.6 Å². The SMILES string of the molecule is NCCCNc1ccc(-c2cccc3nc(NC(=O)C4CC4)nn23)cc1. The van der Waals surface area contributed by atoms with Gasteiger partial charge in [-0.15, -0.1) is 5.10 Å². The normalized spacial score (nSPS) is 13.7. The topological polar surface area (TPSA) is 97.3 Å². The third-order valence-electron chi connectivity index (χ3n) is 4.43. The zero-order valence-electron chi connectivity index (χ0n) is 14.5. The number of nitrogens with zero attached hydrogens (tertiary/aromatic N) is 3. The Kier molecular flexibility index (Phi) is 4.53. The van der Waals surface area contributed by atoms with Crippen LogP contribution in [-0.2, 0) is 4.79 Å². The quantitative estimate of drug-likeness (QED) is 0.569. The fraction of sp³-hybridized carbons (Fsp3) is 0.316. The molecule has 2 heterocycles. The van der Waals surface area contributed by atoms with Gasteiger partial charge >= 0.3 is 0 Å². The zero-order chi connectivity index (χ0) is 17.9. The molecule has 2 aromatic heterocycles. The predicted molar refractivity (Wildman–Crippen MR) is 102 cm³/mol. The average Bonchev–Trinajstić information content (AvgIpc) is 3.43. The lowest BCUT2D eigenvalue weighted by molar-refractivity contribution is -0.117. The van der Waals surface area contributed by atoms with Gasteiger partial charge in [-0.05, 0) is 50.1 Å². The lowest BCUT2D eigenvalue weighted by atomic mass is 10.1. The average molecular weight is 350 g/mol. The molecular formula is C19H22N6O. The highest BCUT2D eigenvalue weighted by atomic mass is 16.2. The molecular weight excluding hydrogens is 328 g/mol. The van der Waals surface area contributed by atoms with Crippen molar-refractivity contribution in [3.63, 3.8) is 0 Å². The first kappa shape index (κ1) is 16.5. The van der Waals surface area contributed by atoms with Crippen molar-refractivity contribution in [3.8, 4) is 11.3 Å². The Labute approximate surface area is 151 Å². The monoisotopic (exact) mass is 350 g/mol. The number of hydrogen-bond donors (Lipinski definition) is 3. The molecule has 0 bridgehead atoms. The second-order valence-electron chi connectivity index (χ2n) is 6.53. The van der Waals surface area contributed by atoms with Gasteiger partial charge in [0.2, 0.25) is 11.9 Å². The van der Waals surface area contributed by atoms with Gasteiger partial charge in [0, 0.05) is 23.7 Å². The van der Waals surface area contributed by atoms with Crippen LogP contribution >= 0.6 is 0 Å². The van der Waals surface area contributed by atoms with Crippen molar-refractivity contribution in [2.75, 3.05) is 23.7 Å². The van der Waals surface area contributed by atoms with E-state index in [2.05, 4.69) is 20.7 Å². The maximum absolute atomic E-state index is 11.9. The number of amides is 1. The van der Waals surface area contributed by atoms with Crippen LogP contribution in [0, 0.1) is 5.92 Å². The maximum Gasteiger partial charge on any atom is 0.249 e. The fourth-order valence-corrected chi connectivity index (χ4v) is 2.83. The number of aromatic nitrogens is 3. The highest BCUT2D eigenvalue weighted by Gasteiger charge is 2.30. The van der Waals surface area contributed by atoms with E-state index >= 15 is 0 Å². The summed E-state index contributed by atoms with van der Waals surface area (Å²) in [5, 5.41) is 10.6. The zero-order valence-corrected chi connectivity index (χ0v) is 14.5. The summed E-state index contributed by atoms with van der Waals surface area (Å²) in [7, 11) is 0. The Bertz CT molecular complexity index is 913. The summed E-state index contributed by atoms with van der Waals surface area (Å²) in [5.74, 6) is 0.491. The van der Waals surface area contributed by atoms with Gasteiger partial charge in [0.25, 0.3) is 0 Å². The molecule has 0 aliphatic heterocycles. The minimum atomic E-state index is 0.00960. The van der Waals surface area contributed by atoms with Crippen molar-refractivity contribution in [1.82, 2.24) is 14.6 Å². The molecule has 1 fully saturated rings. The lowest BCUT2D eigenvalue weighted by Crippen LogP contribution is -2.14. The van der Waals surface area contributed by atoms with Gasteiger partial charge in [0.05, 0.1) is 5.69 Å². The predicted octanol–water partition coefficient (Wildman–Crippen LogP) is 2.51. The van der Waals surface area contributed by atoms with Crippen LogP contribution in [0.25, 0.3) is 16.9 Å². The third-order valence-corrected chi connectivity index (χ3v) is 4.43. The number of anilines is 2. The summed E-state index contributed by atoms with van der Waals surface area (Å²) in [5.41, 5.74) is 9.24. The van der Waals surface area contributed by atoms with Gasteiger partial charge in [0.15, 0.2) is 5.65 Å². The van der Waals surface area contributed by atoms with Crippen LogP contribution < -0.4 is 16.4 Å². The number of carbonyl (C=O) groups excluding carboxylic acids is 1. The highest BCUT2D eigenvalue weighted by Crippen LogP contribution is 2.30.